The van der Waals surface area contributed by atoms with E-state index < -0.39 is 0 Å². The second kappa shape index (κ2) is 8.50. The van der Waals surface area contributed by atoms with Gasteiger partial charge in [0.05, 0.1) is 17.3 Å². The van der Waals surface area contributed by atoms with E-state index in [1.807, 2.05) is 29.0 Å². The molecule has 3 aromatic rings. The monoisotopic (exact) mass is 429 g/mol. The smallest absolute Gasteiger partial charge is 0.231 e. The molecule has 0 aliphatic carbocycles. The summed E-state index contributed by atoms with van der Waals surface area (Å²) >= 11 is 1.54. The second-order valence-electron chi connectivity index (χ2n) is 7.54. The van der Waals surface area contributed by atoms with Gasteiger partial charge in [-0.15, -0.1) is 11.8 Å². The van der Waals surface area contributed by atoms with Crippen LogP contribution in [0.3, 0.4) is 0 Å². The molecule has 4 rings (SSSR count). The third kappa shape index (κ3) is 4.07. The van der Waals surface area contributed by atoms with Crippen molar-refractivity contribution in [3.05, 3.63) is 12.4 Å². The van der Waals surface area contributed by atoms with Crippen LogP contribution < -0.4 is 10.6 Å². The molecule has 0 saturated carbocycles. The number of aromatic amines is 1. The standard InChI is InChI=1S/C19H27N9OS/c1-5-28-9-13(8-20-28)21-19-23-16(15-17(24-19)25-26-18(15)30-4)22-14-10-27(12(3)29)7-6-11(14)2/h8-9,11,14H,5-7,10H2,1-4H3,(H3,21,22,23,24,25,26)/t11-,14+/m1/s1. The summed E-state index contributed by atoms with van der Waals surface area (Å²) in [6, 6.07) is 0.0982. The van der Waals surface area contributed by atoms with Crippen molar-refractivity contribution in [1.82, 2.24) is 34.8 Å². The second-order valence-corrected chi connectivity index (χ2v) is 8.34. The Morgan fingerprint density at radius 3 is 2.93 bits per heavy atom. The fraction of sp³-hybridized carbons (Fsp3) is 0.526. The van der Waals surface area contributed by atoms with Crippen molar-refractivity contribution in [3.63, 3.8) is 0 Å². The Morgan fingerprint density at radius 1 is 1.40 bits per heavy atom. The normalized spacial score (nSPS) is 19.3. The van der Waals surface area contributed by atoms with Crippen LogP contribution in [0.4, 0.5) is 17.5 Å². The predicted octanol–water partition coefficient (Wildman–Crippen LogP) is 2.70. The van der Waals surface area contributed by atoms with Crippen molar-refractivity contribution in [2.75, 3.05) is 30.0 Å². The van der Waals surface area contributed by atoms with Gasteiger partial charge in [-0.25, -0.2) is 0 Å². The number of aryl methyl sites for hydroxylation is 1. The Labute approximate surface area is 179 Å². The summed E-state index contributed by atoms with van der Waals surface area (Å²) in [6.07, 6.45) is 6.59. The van der Waals surface area contributed by atoms with Gasteiger partial charge in [0.1, 0.15) is 10.8 Å². The summed E-state index contributed by atoms with van der Waals surface area (Å²) < 4.78 is 1.84. The maximum absolute atomic E-state index is 11.9. The lowest BCUT2D eigenvalue weighted by Gasteiger charge is -2.37. The number of H-pyrrole nitrogens is 1. The minimum Gasteiger partial charge on any atom is -0.364 e. The number of hydrogen-bond acceptors (Lipinski definition) is 8. The van der Waals surface area contributed by atoms with E-state index in [1.165, 1.54) is 0 Å². The van der Waals surface area contributed by atoms with Gasteiger partial charge in [-0.2, -0.15) is 20.2 Å². The molecule has 1 aliphatic rings. The molecule has 0 unspecified atom stereocenters. The number of amides is 1. The third-order valence-corrected chi connectivity index (χ3v) is 6.20. The number of aromatic nitrogens is 6. The molecule has 0 aromatic carbocycles. The van der Waals surface area contributed by atoms with Crippen LogP contribution in [0.5, 0.6) is 0 Å². The van der Waals surface area contributed by atoms with E-state index in [1.54, 1.807) is 24.9 Å². The molecule has 1 amide bonds. The first kappa shape index (κ1) is 20.5. The molecule has 2 atom stereocenters. The number of rotatable bonds is 6. The Bertz CT molecular complexity index is 1050. The lowest BCUT2D eigenvalue weighted by atomic mass is 9.93. The average molecular weight is 430 g/mol. The van der Waals surface area contributed by atoms with E-state index in [4.69, 9.17) is 4.98 Å². The van der Waals surface area contributed by atoms with Crippen molar-refractivity contribution in [1.29, 1.82) is 0 Å². The number of likely N-dealkylation sites (tertiary alicyclic amines) is 1. The summed E-state index contributed by atoms with van der Waals surface area (Å²) in [4.78, 5) is 23.1. The first-order valence-corrected chi connectivity index (χ1v) is 11.3. The SMILES string of the molecule is CCn1cc(Nc2nc(N[C@H]3CN(C(C)=O)CC[C@H]3C)c3c(SC)n[nH]c3n2)cn1. The summed E-state index contributed by atoms with van der Waals surface area (Å²) in [5, 5.41) is 20.2. The van der Waals surface area contributed by atoms with Crippen LogP contribution >= 0.6 is 11.8 Å². The Morgan fingerprint density at radius 2 is 2.23 bits per heavy atom. The highest BCUT2D eigenvalue weighted by molar-refractivity contribution is 7.98. The molecule has 3 aromatic heterocycles. The minimum atomic E-state index is 0.0982. The molecule has 1 saturated heterocycles. The highest BCUT2D eigenvalue weighted by atomic mass is 32.2. The van der Waals surface area contributed by atoms with E-state index >= 15 is 0 Å². The number of thioether (sulfide) groups is 1. The van der Waals surface area contributed by atoms with Gasteiger partial charge in [-0.05, 0) is 25.5 Å². The van der Waals surface area contributed by atoms with Gasteiger partial charge in [0, 0.05) is 38.8 Å². The quantitative estimate of drug-likeness (QED) is 0.512. The van der Waals surface area contributed by atoms with E-state index in [2.05, 4.69) is 37.8 Å². The molecule has 0 radical (unpaired) electrons. The maximum atomic E-state index is 11.9. The molecule has 1 aliphatic heterocycles. The summed E-state index contributed by atoms with van der Waals surface area (Å²) in [6.45, 7) is 8.10. The lowest BCUT2D eigenvalue weighted by molar-refractivity contribution is -0.130. The number of nitrogens with zero attached hydrogens (tertiary/aromatic N) is 6. The molecule has 0 spiro atoms. The van der Waals surface area contributed by atoms with Gasteiger partial charge in [-0.1, -0.05) is 6.92 Å². The summed E-state index contributed by atoms with van der Waals surface area (Å²) in [7, 11) is 0. The van der Waals surface area contributed by atoms with Crippen molar-refractivity contribution in [3.8, 4) is 0 Å². The molecule has 4 heterocycles. The van der Waals surface area contributed by atoms with Crippen LogP contribution in [0.15, 0.2) is 17.4 Å². The number of carbonyl (C=O) groups is 1. The zero-order chi connectivity index (χ0) is 21.3. The first-order chi connectivity index (χ1) is 14.5. The Kier molecular flexibility index (Phi) is 5.80. The van der Waals surface area contributed by atoms with Crippen LogP contribution in [0.2, 0.25) is 0 Å². The molecule has 1 fully saturated rings. The van der Waals surface area contributed by atoms with Crippen LogP contribution in [-0.4, -0.2) is 66.1 Å². The molecule has 11 heteroatoms. The van der Waals surface area contributed by atoms with E-state index in [-0.39, 0.29) is 11.9 Å². The minimum absolute atomic E-state index is 0.0982. The van der Waals surface area contributed by atoms with E-state index in [0.29, 0.717) is 29.9 Å². The zero-order valence-electron chi connectivity index (χ0n) is 17.6. The topological polar surface area (TPSA) is 117 Å². The van der Waals surface area contributed by atoms with E-state index in [0.717, 1.165) is 35.6 Å². The number of nitrogens with one attached hydrogen (secondary N) is 3. The van der Waals surface area contributed by atoms with E-state index in [9.17, 15) is 4.79 Å². The van der Waals surface area contributed by atoms with Crippen LogP contribution in [-0.2, 0) is 11.3 Å². The summed E-state index contributed by atoms with van der Waals surface area (Å²) in [5.41, 5.74) is 1.48. The van der Waals surface area contributed by atoms with Gasteiger partial charge in [0.25, 0.3) is 0 Å². The zero-order valence-corrected chi connectivity index (χ0v) is 18.5. The number of fused-ring (bicyclic) bond motifs is 1. The highest BCUT2D eigenvalue weighted by Crippen LogP contribution is 2.32. The van der Waals surface area contributed by atoms with Crippen LogP contribution in [0.1, 0.15) is 27.2 Å². The first-order valence-electron chi connectivity index (χ1n) is 10.1. The van der Waals surface area contributed by atoms with Gasteiger partial charge in [0.15, 0.2) is 5.65 Å². The van der Waals surface area contributed by atoms with Crippen molar-refractivity contribution in [2.24, 2.45) is 5.92 Å². The molecule has 10 nitrogen and oxygen atoms in total. The van der Waals surface area contributed by atoms with Gasteiger partial charge >= 0.3 is 0 Å². The Balaban J connectivity index is 1.67. The van der Waals surface area contributed by atoms with Crippen molar-refractivity contribution in [2.45, 2.75) is 44.8 Å². The number of hydrogen-bond donors (Lipinski definition) is 3. The molecular weight excluding hydrogens is 402 g/mol. The summed E-state index contributed by atoms with van der Waals surface area (Å²) in [5.74, 6) is 1.69. The van der Waals surface area contributed by atoms with Crippen LogP contribution in [0, 0.1) is 5.92 Å². The van der Waals surface area contributed by atoms with Gasteiger partial charge < -0.3 is 15.5 Å². The molecular formula is C19H27N9OS. The predicted molar refractivity (Wildman–Crippen MR) is 118 cm³/mol. The number of piperidine rings is 1. The largest absolute Gasteiger partial charge is 0.364 e. The lowest BCUT2D eigenvalue weighted by Crippen LogP contribution is -2.48. The van der Waals surface area contributed by atoms with Gasteiger partial charge in [-0.3, -0.25) is 14.6 Å². The van der Waals surface area contributed by atoms with Crippen molar-refractivity contribution >= 4 is 46.2 Å². The maximum Gasteiger partial charge on any atom is 0.231 e. The molecule has 3 N–H and O–H groups in total. The average Bonchev–Trinajstić information content (AvgIpc) is 3.36. The van der Waals surface area contributed by atoms with Crippen LogP contribution in [0.25, 0.3) is 11.0 Å². The van der Waals surface area contributed by atoms with Crippen molar-refractivity contribution < 1.29 is 4.79 Å². The molecule has 0 bridgehead atoms. The number of anilines is 3. The number of carbonyl (C=O) groups excluding carboxylic acids is 1. The third-order valence-electron chi connectivity index (χ3n) is 5.52. The fourth-order valence-corrected chi connectivity index (χ4v) is 4.20. The Hall–Kier alpha value is -2.82. The van der Waals surface area contributed by atoms with Gasteiger partial charge in [0.2, 0.25) is 11.9 Å². The highest BCUT2D eigenvalue weighted by Gasteiger charge is 2.29. The molecule has 160 valence electrons. The molecule has 30 heavy (non-hydrogen) atoms. The fourth-order valence-electron chi connectivity index (χ4n) is 3.66.